The van der Waals surface area contributed by atoms with E-state index in [2.05, 4.69) is 30.9 Å². The van der Waals surface area contributed by atoms with Crippen LogP contribution in [-0.2, 0) is 0 Å². The van der Waals surface area contributed by atoms with Gasteiger partial charge in [0.05, 0.1) is 11.6 Å². The molecule has 0 unspecified atom stereocenters. The summed E-state index contributed by atoms with van der Waals surface area (Å²) >= 11 is 3.45. The fourth-order valence-electron chi connectivity index (χ4n) is 1.55. The van der Waals surface area contributed by atoms with Crippen LogP contribution in [0, 0.1) is 13.8 Å². The molecule has 0 aliphatic heterocycles. The van der Waals surface area contributed by atoms with E-state index in [1.807, 2.05) is 32.0 Å². The molecule has 0 aliphatic carbocycles. The van der Waals surface area contributed by atoms with Gasteiger partial charge in [-0.3, -0.25) is 0 Å². The largest absolute Gasteiger partial charge is 0.496 e. The molecule has 0 amide bonds. The van der Waals surface area contributed by atoms with Crippen LogP contribution >= 0.6 is 15.9 Å². The summed E-state index contributed by atoms with van der Waals surface area (Å²) in [5.74, 6) is 2.91. The van der Waals surface area contributed by atoms with Gasteiger partial charge < -0.3 is 4.74 Å². The van der Waals surface area contributed by atoms with Crippen LogP contribution in [-0.4, -0.2) is 22.1 Å². The van der Waals surface area contributed by atoms with Gasteiger partial charge >= 0.3 is 0 Å². The molecule has 1 aromatic heterocycles. The third-order valence-corrected chi connectivity index (χ3v) is 2.89. The lowest BCUT2D eigenvalue weighted by Crippen LogP contribution is -1.98. The molecule has 0 radical (unpaired) electrons. The maximum absolute atomic E-state index is 5.18. The number of nitrogens with zero attached hydrogens (tertiary/aromatic N) is 3. The van der Waals surface area contributed by atoms with Crippen LogP contribution in [0.3, 0.4) is 0 Å². The minimum absolute atomic E-state index is 0.679. The standard InChI is InChI=1S/C12H12BrN3O/c1-7-14-8(2)16-12(15-7)9-4-5-11(17-3)10(13)6-9/h4-6H,1-3H3. The molecule has 0 saturated carbocycles. The lowest BCUT2D eigenvalue weighted by Gasteiger charge is -2.06. The van der Waals surface area contributed by atoms with E-state index >= 15 is 0 Å². The van der Waals surface area contributed by atoms with Crippen molar-refractivity contribution in [3.8, 4) is 17.1 Å². The highest BCUT2D eigenvalue weighted by molar-refractivity contribution is 9.10. The normalized spacial score (nSPS) is 10.4. The zero-order valence-corrected chi connectivity index (χ0v) is 11.4. The number of hydrogen-bond acceptors (Lipinski definition) is 4. The average Bonchev–Trinajstić information content (AvgIpc) is 2.27. The van der Waals surface area contributed by atoms with Crippen molar-refractivity contribution in [2.75, 3.05) is 7.11 Å². The fraction of sp³-hybridized carbons (Fsp3) is 0.250. The van der Waals surface area contributed by atoms with E-state index in [1.54, 1.807) is 7.11 Å². The zero-order chi connectivity index (χ0) is 12.4. The highest BCUT2D eigenvalue weighted by Gasteiger charge is 2.07. The second-order valence-corrected chi connectivity index (χ2v) is 4.46. The lowest BCUT2D eigenvalue weighted by molar-refractivity contribution is 0.412. The molecule has 0 fully saturated rings. The number of rotatable bonds is 2. The van der Waals surface area contributed by atoms with Gasteiger partial charge in [-0.15, -0.1) is 0 Å². The van der Waals surface area contributed by atoms with Crippen LogP contribution < -0.4 is 4.74 Å². The van der Waals surface area contributed by atoms with Crippen molar-refractivity contribution in [2.45, 2.75) is 13.8 Å². The average molecular weight is 294 g/mol. The Kier molecular flexibility index (Phi) is 3.38. The molecule has 0 atom stereocenters. The van der Waals surface area contributed by atoms with Crippen molar-refractivity contribution in [3.63, 3.8) is 0 Å². The zero-order valence-electron chi connectivity index (χ0n) is 9.86. The molecule has 1 aromatic carbocycles. The van der Waals surface area contributed by atoms with Gasteiger partial charge in [-0.25, -0.2) is 15.0 Å². The van der Waals surface area contributed by atoms with Gasteiger partial charge in [-0.2, -0.15) is 0 Å². The first-order valence-corrected chi connectivity index (χ1v) is 5.92. The van der Waals surface area contributed by atoms with Gasteiger partial charge in [-0.1, -0.05) is 0 Å². The summed E-state index contributed by atoms with van der Waals surface area (Å²) in [6.45, 7) is 3.72. The molecule has 4 nitrogen and oxygen atoms in total. The van der Waals surface area contributed by atoms with Gasteiger partial charge in [-0.05, 0) is 48.0 Å². The summed E-state index contributed by atoms with van der Waals surface area (Å²) in [5, 5.41) is 0. The van der Waals surface area contributed by atoms with Gasteiger partial charge in [0.25, 0.3) is 0 Å². The number of halogens is 1. The van der Waals surface area contributed by atoms with E-state index in [-0.39, 0.29) is 0 Å². The topological polar surface area (TPSA) is 47.9 Å². The quantitative estimate of drug-likeness (QED) is 0.854. The van der Waals surface area contributed by atoms with Crippen molar-refractivity contribution in [2.24, 2.45) is 0 Å². The molecule has 2 aromatic rings. The molecule has 88 valence electrons. The fourth-order valence-corrected chi connectivity index (χ4v) is 2.09. The Labute approximate surface area is 108 Å². The molecule has 17 heavy (non-hydrogen) atoms. The van der Waals surface area contributed by atoms with Crippen molar-refractivity contribution in [1.29, 1.82) is 0 Å². The number of ether oxygens (including phenoxy) is 1. The summed E-state index contributed by atoms with van der Waals surface area (Å²) in [6, 6.07) is 5.75. The molecular weight excluding hydrogens is 282 g/mol. The number of aromatic nitrogens is 3. The number of benzene rings is 1. The Morgan fingerprint density at radius 2 is 1.71 bits per heavy atom. The molecule has 0 N–H and O–H groups in total. The SMILES string of the molecule is COc1ccc(-c2nc(C)nc(C)n2)cc1Br. The van der Waals surface area contributed by atoms with Gasteiger partial charge in [0.15, 0.2) is 5.82 Å². The van der Waals surface area contributed by atoms with Gasteiger partial charge in [0.1, 0.15) is 17.4 Å². The van der Waals surface area contributed by atoms with Gasteiger partial charge in [0, 0.05) is 5.56 Å². The summed E-state index contributed by atoms with van der Waals surface area (Å²) < 4.78 is 6.07. The highest BCUT2D eigenvalue weighted by atomic mass is 79.9. The minimum atomic E-state index is 0.679. The third-order valence-electron chi connectivity index (χ3n) is 2.27. The van der Waals surface area contributed by atoms with Crippen molar-refractivity contribution >= 4 is 15.9 Å². The summed E-state index contributed by atoms with van der Waals surface area (Å²) in [7, 11) is 1.64. The second-order valence-electron chi connectivity index (χ2n) is 3.60. The monoisotopic (exact) mass is 293 g/mol. The molecule has 0 spiro atoms. The number of methoxy groups -OCH3 is 1. The minimum Gasteiger partial charge on any atom is -0.496 e. The Morgan fingerprint density at radius 1 is 1.06 bits per heavy atom. The predicted molar refractivity (Wildman–Crippen MR) is 69.0 cm³/mol. The number of hydrogen-bond donors (Lipinski definition) is 0. The van der Waals surface area contributed by atoms with Crippen LogP contribution in [0.15, 0.2) is 22.7 Å². The molecule has 2 rings (SSSR count). The van der Waals surface area contributed by atoms with Crippen LogP contribution in [0.1, 0.15) is 11.6 Å². The van der Waals surface area contributed by atoms with Crippen molar-refractivity contribution in [1.82, 2.24) is 15.0 Å². The van der Waals surface area contributed by atoms with Crippen molar-refractivity contribution in [3.05, 3.63) is 34.3 Å². The number of aryl methyl sites for hydroxylation is 2. The van der Waals surface area contributed by atoms with Gasteiger partial charge in [0.2, 0.25) is 0 Å². The summed E-state index contributed by atoms with van der Waals surface area (Å²) in [6.07, 6.45) is 0. The Hall–Kier alpha value is -1.49. The smallest absolute Gasteiger partial charge is 0.163 e. The van der Waals surface area contributed by atoms with Crippen LogP contribution in [0.5, 0.6) is 5.75 Å². The highest BCUT2D eigenvalue weighted by Crippen LogP contribution is 2.29. The maximum Gasteiger partial charge on any atom is 0.163 e. The van der Waals surface area contributed by atoms with E-state index < -0.39 is 0 Å². The molecule has 5 heteroatoms. The molecule has 0 bridgehead atoms. The van der Waals surface area contributed by atoms with Crippen LogP contribution in [0.4, 0.5) is 0 Å². The van der Waals surface area contributed by atoms with Crippen molar-refractivity contribution < 1.29 is 4.74 Å². The maximum atomic E-state index is 5.18. The predicted octanol–water partition coefficient (Wildman–Crippen LogP) is 2.93. The third kappa shape index (κ3) is 2.61. The van der Waals surface area contributed by atoms with E-state index in [4.69, 9.17) is 4.74 Å². The summed E-state index contributed by atoms with van der Waals surface area (Å²) in [5.41, 5.74) is 0.936. The molecule has 0 aliphatic rings. The van der Waals surface area contributed by atoms with Crippen LogP contribution in [0.2, 0.25) is 0 Å². The molecular formula is C12H12BrN3O. The molecule has 1 heterocycles. The molecule has 0 saturated heterocycles. The lowest BCUT2D eigenvalue weighted by atomic mass is 10.2. The van der Waals surface area contributed by atoms with E-state index in [1.165, 1.54) is 0 Å². The van der Waals surface area contributed by atoms with E-state index in [0.29, 0.717) is 5.82 Å². The second kappa shape index (κ2) is 4.79. The van der Waals surface area contributed by atoms with E-state index in [0.717, 1.165) is 27.4 Å². The first kappa shape index (κ1) is 12.0. The first-order valence-electron chi connectivity index (χ1n) is 5.13. The van der Waals surface area contributed by atoms with E-state index in [9.17, 15) is 0 Å². The Bertz CT molecular complexity index is 537. The Morgan fingerprint density at radius 3 is 2.24 bits per heavy atom. The summed E-state index contributed by atoms with van der Waals surface area (Å²) in [4.78, 5) is 12.8. The Balaban J connectivity index is 2.49. The first-order chi connectivity index (χ1) is 8.10. The van der Waals surface area contributed by atoms with Crippen LogP contribution in [0.25, 0.3) is 11.4 Å².